The summed E-state index contributed by atoms with van der Waals surface area (Å²) in [7, 11) is 0. The third kappa shape index (κ3) is 2.08. The molecule has 1 aromatic carbocycles. The van der Waals surface area contributed by atoms with Crippen LogP contribution in [0.25, 0.3) is 0 Å². The van der Waals surface area contributed by atoms with Crippen molar-refractivity contribution in [1.29, 1.82) is 0 Å². The Morgan fingerprint density at radius 3 is 2.78 bits per heavy atom. The molecule has 0 radical (unpaired) electrons. The quantitative estimate of drug-likeness (QED) is 0.840. The molecule has 2 rings (SSSR count). The van der Waals surface area contributed by atoms with Gasteiger partial charge in [-0.15, -0.1) is 0 Å². The first kappa shape index (κ1) is 13.6. The predicted molar refractivity (Wildman–Crippen MR) is 75.6 cm³/mol. The molecule has 0 spiro atoms. The molecular formula is C16H25NO. The van der Waals surface area contributed by atoms with E-state index >= 15 is 0 Å². The normalized spacial score (nSPS) is 25.8. The van der Waals surface area contributed by atoms with E-state index < -0.39 is 0 Å². The van der Waals surface area contributed by atoms with E-state index in [1.54, 1.807) is 0 Å². The van der Waals surface area contributed by atoms with Crippen molar-refractivity contribution in [2.75, 3.05) is 6.54 Å². The van der Waals surface area contributed by atoms with E-state index in [0.717, 1.165) is 25.7 Å². The summed E-state index contributed by atoms with van der Waals surface area (Å²) in [4.78, 5) is 0. The molecule has 3 N–H and O–H groups in total. The number of hydrogen-bond donors (Lipinski definition) is 2. The second kappa shape index (κ2) is 5.41. The lowest BCUT2D eigenvalue weighted by Gasteiger charge is -2.37. The largest absolute Gasteiger partial charge is 0.392 e. The van der Waals surface area contributed by atoms with Gasteiger partial charge in [0.2, 0.25) is 0 Å². The Kier molecular flexibility index (Phi) is 4.08. The summed E-state index contributed by atoms with van der Waals surface area (Å²) in [5.74, 6) is 0.310. The fourth-order valence-electron chi connectivity index (χ4n) is 3.51. The van der Waals surface area contributed by atoms with Gasteiger partial charge in [-0.1, -0.05) is 44.5 Å². The SMILES string of the molecule is CCCC(C)C(O)C1(CN)CCc2ccccc21. The Hall–Kier alpha value is -0.860. The highest BCUT2D eigenvalue weighted by Gasteiger charge is 2.44. The van der Waals surface area contributed by atoms with E-state index in [0.29, 0.717) is 12.5 Å². The molecule has 1 aliphatic carbocycles. The standard InChI is InChI=1S/C16H25NO/c1-3-6-12(2)15(18)16(11-17)10-9-13-7-4-5-8-14(13)16/h4-5,7-8,12,15,18H,3,6,9-11,17H2,1-2H3. The summed E-state index contributed by atoms with van der Waals surface area (Å²) < 4.78 is 0. The lowest BCUT2D eigenvalue weighted by Crippen LogP contribution is -2.47. The monoisotopic (exact) mass is 247 g/mol. The molecule has 18 heavy (non-hydrogen) atoms. The zero-order valence-electron chi connectivity index (χ0n) is 11.5. The highest BCUT2D eigenvalue weighted by molar-refractivity contribution is 5.41. The van der Waals surface area contributed by atoms with E-state index in [9.17, 15) is 5.11 Å². The van der Waals surface area contributed by atoms with Crippen LogP contribution in [0, 0.1) is 5.92 Å². The third-order valence-corrected chi connectivity index (χ3v) is 4.61. The smallest absolute Gasteiger partial charge is 0.0674 e. The third-order valence-electron chi connectivity index (χ3n) is 4.61. The predicted octanol–water partition coefficient (Wildman–Crippen LogP) is 2.63. The molecule has 0 saturated carbocycles. The van der Waals surface area contributed by atoms with Gasteiger partial charge < -0.3 is 10.8 Å². The number of fused-ring (bicyclic) bond motifs is 1. The minimum absolute atomic E-state index is 0.217. The van der Waals surface area contributed by atoms with Crippen LogP contribution in [0.15, 0.2) is 24.3 Å². The van der Waals surface area contributed by atoms with Gasteiger partial charge >= 0.3 is 0 Å². The minimum Gasteiger partial charge on any atom is -0.392 e. The summed E-state index contributed by atoms with van der Waals surface area (Å²) in [5, 5.41) is 10.8. The Bertz CT molecular complexity index is 404. The van der Waals surface area contributed by atoms with E-state index in [2.05, 4.69) is 38.1 Å². The van der Waals surface area contributed by atoms with E-state index in [1.165, 1.54) is 11.1 Å². The first-order valence-corrected chi connectivity index (χ1v) is 7.12. The van der Waals surface area contributed by atoms with Crippen molar-refractivity contribution in [3.05, 3.63) is 35.4 Å². The van der Waals surface area contributed by atoms with Gasteiger partial charge in [0.1, 0.15) is 0 Å². The maximum atomic E-state index is 10.8. The van der Waals surface area contributed by atoms with Gasteiger partial charge in [-0.2, -0.15) is 0 Å². The second-order valence-corrected chi connectivity index (χ2v) is 5.73. The fourth-order valence-corrected chi connectivity index (χ4v) is 3.51. The molecule has 0 aliphatic heterocycles. The van der Waals surface area contributed by atoms with Crippen molar-refractivity contribution < 1.29 is 5.11 Å². The molecule has 0 fully saturated rings. The molecule has 2 heteroatoms. The van der Waals surface area contributed by atoms with Gasteiger partial charge in [0.25, 0.3) is 0 Å². The van der Waals surface area contributed by atoms with Crippen molar-refractivity contribution in [3.63, 3.8) is 0 Å². The molecule has 0 saturated heterocycles. The number of aryl methyl sites for hydroxylation is 1. The Balaban J connectivity index is 2.33. The lowest BCUT2D eigenvalue weighted by molar-refractivity contribution is 0.0339. The number of hydrogen-bond acceptors (Lipinski definition) is 2. The molecule has 1 aliphatic rings. The lowest BCUT2D eigenvalue weighted by atomic mass is 9.71. The average molecular weight is 247 g/mol. The van der Waals surface area contributed by atoms with Crippen molar-refractivity contribution in [2.45, 2.75) is 51.0 Å². The summed E-state index contributed by atoms with van der Waals surface area (Å²) >= 11 is 0. The van der Waals surface area contributed by atoms with Crippen LogP contribution in [-0.2, 0) is 11.8 Å². The van der Waals surface area contributed by atoms with Gasteiger partial charge in [0, 0.05) is 12.0 Å². The first-order valence-electron chi connectivity index (χ1n) is 7.12. The molecule has 3 atom stereocenters. The number of aliphatic hydroxyl groups is 1. The van der Waals surface area contributed by atoms with Gasteiger partial charge in [0.05, 0.1) is 6.10 Å². The van der Waals surface area contributed by atoms with E-state index in [1.807, 2.05) is 0 Å². The number of nitrogens with two attached hydrogens (primary N) is 1. The Morgan fingerprint density at radius 1 is 1.39 bits per heavy atom. The van der Waals surface area contributed by atoms with Crippen LogP contribution in [0.4, 0.5) is 0 Å². The van der Waals surface area contributed by atoms with Crippen LogP contribution in [0.1, 0.15) is 44.2 Å². The topological polar surface area (TPSA) is 46.2 Å². The maximum Gasteiger partial charge on any atom is 0.0674 e. The minimum atomic E-state index is -0.328. The summed E-state index contributed by atoms with van der Waals surface area (Å²) in [6.07, 6.45) is 3.87. The zero-order chi connectivity index (χ0) is 13.2. The summed E-state index contributed by atoms with van der Waals surface area (Å²) in [6, 6.07) is 8.46. The van der Waals surface area contributed by atoms with E-state index in [4.69, 9.17) is 5.73 Å². The average Bonchev–Trinajstić information content (AvgIpc) is 2.78. The summed E-state index contributed by atoms with van der Waals surface area (Å²) in [6.45, 7) is 4.85. The molecule has 1 aromatic rings. The molecule has 3 unspecified atom stereocenters. The molecule has 100 valence electrons. The maximum absolute atomic E-state index is 10.8. The molecule has 0 amide bonds. The molecule has 0 aromatic heterocycles. The fraction of sp³-hybridized carbons (Fsp3) is 0.625. The van der Waals surface area contributed by atoms with Crippen LogP contribution in [0.5, 0.6) is 0 Å². The van der Waals surface area contributed by atoms with Gasteiger partial charge in [-0.25, -0.2) is 0 Å². The number of benzene rings is 1. The molecule has 0 bridgehead atoms. The van der Waals surface area contributed by atoms with Crippen LogP contribution >= 0.6 is 0 Å². The second-order valence-electron chi connectivity index (χ2n) is 5.73. The van der Waals surface area contributed by atoms with Gasteiger partial charge in [-0.3, -0.25) is 0 Å². The van der Waals surface area contributed by atoms with E-state index in [-0.39, 0.29) is 11.5 Å². The van der Waals surface area contributed by atoms with Gasteiger partial charge in [-0.05, 0) is 36.3 Å². The van der Waals surface area contributed by atoms with Crippen molar-refractivity contribution in [3.8, 4) is 0 Å². The highest BCUT2D eigenvalue weighted by atomic mass is 16.3. The Morgan fingerprint density at radius 2 is 2.11 bits per heavy atom. The van der Waals surface area contributed by atoms with Crippen LogP contribution in [-0.4, -0.2) is 17.8 Å². The van der Waals surface area contributed by atoms with Crippen molar-refractivity contribution in [2.24, 2.45) is 11.7 Å². The molecular weight excluding hydrogens is 222 g/mol. The van der Waals surface area contributed by atoms with Crippen LogP contribution in [0.3, 0.4) is 0 Å². The first-order chi connectivity index (χ1) is 8.65. The number of aliphatic hydroxyl groups excluding tert-OH is 1. The zero-order valence-corrected chi connectivity index (χ0v) is 11.5. The van der Waals surface area contributed by atoms with Crippen LogP contribution in [0.2, 0.25) is 0 Å². The molecule has 2 nitrogen and oxygen atoms in total. The summed E-state index contributed by atoms with van der Waals surface area (Å²) in [5.41, 5.74) is 8.49. The number of rotatable bonds is 5. The van der Waals surface area contributed by atoms with Crippen molar-refractivity contribution >= 4 is 0 Å². The Labute approximate surface area is 110 Å². The van der Waals surface area contributed by atoms with Gasteiger partial charge in [0.15, 0.2) is 0 Å². The highest BCUT2D eigenvalue weighted by Crippen LogP contribution is 2.43. The van der Waals surface area contributed by atoms with Crippen LogP contribution < -0.4 is 5.73 Å². The molecule has 0 heterocycles. The van der Waals surface area contributed by atoms with Crippen molar-refractivity contribution in [1.82, 2.24) is 0 Å².